The van der Waals surface area contributed by atoms with Gasteiger partial charge in [0.25, 0.3) is 0 Å². The Morgan fingerprint density at radius 1 is 1.40 bits per heavy atom. The summed E-state index contributed by atoms with van der Waals surface area (Å²) in [6, 6.07) is 5.68. The van der Waals surface area contributed by atoms with Crippen LogP contribution in [0.25, 0.3) is 0 Å². The van der Waals surface area contributed by atoms with Crippen LogP contribution >= 0.6 is 28.1 Å². The van der Waals surface area contributed by atoms with Crippen molar-refractivity contribution < 1.29 is 9.53 Å². The van der Waals surface area contributed by atoms with Gasteiger partial charge in [-0.1, -0.05) is 15.9 Å². The predicted octanol–water partition coefficient (Wildman–Crippen LogP) is 1.81. The van der Waals surface area contributed by atoms with Crippen molar-refractivity contribution >= 4 is 44.9 Å². The van der Waals surface area contributed by atoms with E-state index in [4.69, 9.17) is 17.0 Å². The van der Waals surface area contributed by atoms with Crippen LogP contribution in [0.2, 0.25) is 0 Å². The van der Waals surface area contributed by atoms with E-state index < -0.39 is 0 Å². The molecule has 0 spiro atoms. The molecule has 5 nitrogen and oxygen atoms in total. The summed E-state index contributed by atoms with van der Waals surface area (Å²) in [5, 5.41) is 9.03. The monoisotopic (exact) mass is 359 g/mol. The third-order valence-electron chi connectivity index (χ3n) is 2.46. The topological polar surface area (TPSA) is 62.4 Å². The van der Waals surface area contributed by atoms with E-state index >= 15 is 0 Å². The van der Waals surface area contributed by atoms with Gasteiger partial charge < -0.3 is 20.7 Å². The lowest BCUT2D eigenvalue weighted by molar-refractivity contribution is -0.115. The number of nitrogens with one attached hydrogen (secondary N) is 3. The maximum absolute atomic E-state index is 11.8. The SMILES string of the molecule is COCCNC(=S)NCC(=O)Nc1ccc(Br)cc1C. The van der Waals surface area contributed by atoms with Crippen molar-refractivity contribution in [2.45, 2.75) is 6.92 Å². The third kappa shape index (κ3) is 6.31. The molecule has 0 saturated carbocycles. The van der Waals surface area contributed by atoms with Crippen molar-refractivity contribution in [3.05, 3.63) is 28.2 Å². The van der Waals surface area contributed by atoms with Crippen molar-refractivity contribution in [2.75, 3.05) is 32.1 Å². The zero-order valence-corrected chi connectivity index (χ0v) is 13.9. The summed E-state index contributed by atoms with van der Waals surface area (Å²) in [7, 11) is 1.62. The van der Waals surface area contributed by atoms with Crippen LogP contribution in [-0.4, -0.2) is 37.8 Å². The third-order valence-corrected chi connectivity index (χ3v) is 3.25. The lowest BCUT2D eigenvalue weighted by Crippen LogP contribution is -2.40. The maximum atomic E-state index is 11.8. The fourth-order valence-corrected chi connectivity index (χ4v) is 2.10. The van der Waals surface area contributed by atoms with Crippen molar-refractivity contribution in [1.29, 1.82) is 0 Å². The largest absolute Gasteiger partial charge is 0.383 e. The first-order valence-electron chi connectivity index (χ1n) is 6.09. The number of hydrogen-bond donors (Lipinski definition) is 3. The second-order valence-corrected chi connectivity index (χ2v) is 5.43. The zero-order valence-electron chi connectivity index (χ0n) is 11.5. The van der Waals surface area contributed by atoms with Gasteiger partial charge >= 0.3 is 0 Å². The quantitative estimate of drug-likeness (QED) is 0.534. The summed E-state index contributed by atoms with van der Waals surface area (Å²) in [4.78, 5) is 11.8. The molecule has 1 rings (SSSR count). The number of halogens is 1. The minimum atomic E-state index is -0.147. The highest BCUT2D eigenvalue weighted by atomic mass is 79.9. The minimum Gasteiger partial charge on any atom is -0.383 e. The Hall–Kier alpha value is -1.18. The summed E-state index contributed by atoms with van der Waals surface area (Å²) < 4.78 is 5.87. The molecule has 0 aliphatic rings. The van der Waals surface area contributed by atoms with Crippen LogP contribution in [0, 0.1) is 6.92 Å². The van der Waals surface area contributed by atoms with Gasteiger partial charge in [0, 0.05) is 23.8 Å². The summed E-state index contributed by atoms with van der Waals surface area (Å²) >= 11 is 8.41. The molecule has 0 fully saturated rings. The molecule has 0 heterocycles. The molecule has 0 unspecified atom stereocenters. The van der Waals surface area contributed by atoms with Crippen LogP contribution in [0.15, 0.2) is 22.7 Å². The van der Waals surface area contributed by atoms with Gasteiger partial charge in [-0.2, -0.15) is 0 Å². The number of benzene rings is 1. The Balaban J connectivity index is 2.34. The Morgan fingerprint density at radius 3 is 2.80 bits per heavy atom. The first-order chi connectivity index (χ1) is 9.52. The van der Waals surface area contributed by atoms with E-state index in [9.17, 15) is 4.79 Å². The standard InChI is InChI=1S/C13H18BrN3O2S/c1-9-7-10(14)3-4-11(9)17-12(18)8-16-13(20)15-5-6-19-2/h3-4,7H,5-6,8H2,1-2H3,(H,17,18)(H2,15,16,20). The van der Waals surface area contributed by atoms with Crippen LogP contribution in [-0.2, 0) is 9.53 Å². The molecule has 20 heavy (non-hydrogen) atoms. The van der Waals surface area contributed by atoms with Crippen LogP contribution < -0.4 is 16.0 Å². The molecule has 1 aromatic carbocycles. The second-order valence-electron chi connectivity index (χ2n) is 4.11. The van der Waals surface area contributed by atoms with Gasteiger partial charge in [-0.15, -0.1) is 0 Å². The summed E-state index contributed by atoms with van der Waals surface area (Å²) in [6.45, 7) is 3.22. The van der Waals surface area contributed by atoms with E-state index in [1.807, 2.05) is 25.1 Å². The summed E-state index contributed by atoms with van der Waals surface area (Å²) in [5.41, 5.74) is 1.78. The molecule has 0 bridgehead atoms. The molecule has 1 aromatic rings. The van der Waals surface area contributed by atoms with Gasteiger partial charge in [0.2, 0.25) is 5.91 Å². The van der Waals surface area contributed by atoms with E-state index in [1.165, 1.54) is 0 Å². The molecule has 3 N–H and O–H groups in total. The average molecular weight is 360 g/mol. The number of carbonyl (C=O) groups excluding carboxylic acids is 1. The first kappa shape index (κ1) is 16.9. The van der Waals surface area contributed by atoms with Crippen molar-refractivity contribution in [2.24, 2.45) is 0 Å². The number of aryl methyl sites for hydroxylation is 1. The lowest BCUT2D eigenvalue weighted by atomic mass is 10.2. The van der Waals surface area contributed by atoms with Crippen LogP contribution in [0.5, 0.6) is 0 Å². The molecule has 0 saturated heterocycles. The van der Waals surface area contributed by atoms with Crippen molar-refractivity contribution in [1.82, 2.24) is 10.6 Å². The van der Waals surface area contributed by atoms with E-state index in [0.29, 0.717) is 18.3 Å². The van der Waals surface area contributed by atoms with Crippen LogP contribution in [0.3, 0.4) is 0 Å². The molecule has 0 radical (unpaired) electrons. The lowest BCUT2D eigenvalue weighted by Gasteiger charge is -2.11. The van der Waals surface area contributed by atoms with Gasteiger partial charge in [0.15, 0.2) is 5.11 Å². The molecule has 0 aliphatic carbocycles. The molecule has 0 aromatic heterocycles. The molecular weight excluding hydrogens is 342 g/mol. The predicted molar refractivity (Wildman–Crippen MR) is 88.0 cm³/mol. The Bertz CT molecular complexity index is 483. The van der Waals surface area contributed by atoms with Crippen molar-refractivity contribution in [3.63, 3.8) is 0 Å². The number of ether oxygens (including phenoxy) is 1. The summed E-state index contributed by atoms with van der Waals surface area (Å²) in [6.07, 6.45) is 0. The highest BCUT2D eigenvalue weighted by Gasteiger charge is 2.05. The number of amides is 1. The zero-order chi connectivity index (χ0) is 15.0. The normalized spacial score (nSPS) is 9.95. The number of rotatable bonds is 6. The van der Waals surface area contributed by atoms with E-state index in [0.717, 1.165) is 15.7 Å². The molecule has 0 atom stereocenters. The number of methoxy groups -OCH3 is 1. The fourth-order valence-electron chi connectivity index (χ4n) is 1.45. The van der Waals surface area contributed by atoms with Crippen LogP contribution in [0.1, 0.15) is 5.56 Å². The van der Waals surface area contributed by atoms with Gasteiger partial charge in [0.05, 0.1) is 13.2 Å². The summed E-state index contributed by atoms with van der Waals surface area (Å²) in [5.74, 6) is -0.147. The highest BCUT2D eigenvalue weighted by Crippen LogP contribution is 2.19. The van der Waals surface area contributed by atoms with Gasteiger partial charge in [0.1, 0.15) is 0 Å². The first-order valence-corrected chi connectivity index (χ1v) is 7.29. The van der Waals surface area contributed by atoms with Gasteiger partial charge in [-0.25, -0.2) is 0 Å². The Morgan fingerprint density at radius 2 is 2.15 bits per heavy atom. The maximum Gasteiger partial charge on any atom is 0.243 e. The van der Waals surface area contributed by atoms with Gasteiger partial charge in [-0.3, -0.25) is 4.79 Å². The fraction of sp³-hybridized carbons (Fsp3) is 0.385. The average Bonchev–Trinajstić information content (AvgIpc) is 2.40. The number of thiocarbonyl (C=S) groups is 1. The Labute approximate surface area is 132 Å². The molecule has 1 amide bonds. The number of hydrogen-bond acceptors (Lipinski definition) is 3. The number of carbonyl (C=O) groups is 1. The van der Waals surface area contributed by atoms with E-state index in [2.05, 4.69) is 31.9 Å². The van der Waals surface area contributed by atoms with Crippen LogP contribution in [0.4, 0.5) is 5.69 Å². The molecule has 0 aliphatic heterocycles. The number of anilines is 1. The minimum absolute atomic E-state index is 0.119. The van der Waals surface area contributed by atoms with Crippen molar-refractivity contribution in [3.8, 4) is 0 Å². The molecule has 7 heteroatoms. The van der Waals surface area contributed by atoms with Gasteiger partial charge in [-0.05, 0) is 42.9 Å². The second kappa shape index (κ2) is 8.89. The molecule has 110 valence electrons. The Kier molecular flexibility index (Phi) is 7.50. The smallest absolute Gasteiger partial charge is 0.243 e. The van der Waals surface area contributed by atoms with E-state index in [-0.39, 0.29) is 12.5 Å². The highest BCUT2D eigenvalue weighted by molar-refractivity contribution is 9.10. The van der Waals surface area contributed by atoms with E-state index in [1.54, 1.807) is 7.11 Å². The molecular formula is C13H18BrN3O2S.